The van der Waals surface area contributed by atoms with Crippen molar-refractivity contribution in [3.05, 3.63) is 0 Å². The maximum atomic E-state index is 11.1. The summed E-state index contributed by atoms with van der Waals surface area (Å²) in [4.78, 5) is 43.9. The first-order valence-electron chi connectivity index (χ1n) is 14.7. The van der Waals surface area contributed by atoms with E-state index in [-0.39, 0.29) is 89.5 Å². The van der Waals surface area contributed by atoms with Crippen LogP contribution in [0.5, 0.6) is 0 Å². The Labute approximate surface area is 250 Å². The van der Waals surface area contributed by atoms with Crippen molar-refractivity contribution in [1.29, 1.82) is 0 Å². The zero-order valence-corrected chi connectivity index (χ0v) is 25.7. The van der Waals surface area contributed by atoms with Gasteiger partial charge in [-0.1, -0.05) is 57.8 Å². The van der Waals surface area contributed by atoms with Crippen LogP contribution in [0, 0.1) is 0 Å². The molecule has 0 saturated heterocycles. The molecule has 0 atom stereocenters. The van der Waals surface area contributed by atoms with Crippen LogP contribution >= 0.6 is 0 Å². The van der Waals surface area contributed by atoms with Gasteiger partial charge in [0.05, 0.1) is 0 Å². The third-order valence-electron chi connectivity index (χ3n) is 6.90. The van der Waals surface area contributed by atoms with Gasteiger partial charge in [-0.2, -0.15) is 0 Å². The number of aliphatic imine (C=N–C) groups is 3. The van der Waals surface area contributed by atoms with Crippen LogP contribution in [0.3, 0.4) is 0 Å². The average molecular weight is 603 g/mol. The Bertz CT molecular complexity index is 731. The first-order valence-corrected chi connectivity index (χ1v) is 14.7. The van der Waals surface area contributed by atoms with Crippen LogP contribution in [0.15, 0.2) is 15.0 Å². The minimum absolute atomic E-state index is 0. The van der Waals surface area contributed by atoms with Gasteiger partial charge in [0.15, 0.2) is 0 Å². The number of Topliss-reactive ketones (excluding diaryl/α,β-unsaturated/α-hetero) is 3. The topological polar surface area (TPSA) is 157 Å². The summed E-state index contributed by atoms with van der Waals surface area (Å²) in [5.41, 5.74) is 0. The van der Waals surface area contributed by atoms with E-state index < -0.39 is 0 Å². The number of carbonyl (C=O) groups excluding carboxylic acids is 3. The molecule has 0 spiro atoms. The van der Waals surface area contributed by atoms with Crippen LogP contribution in [-0.4, -0.2) is 53.2 Å². The first-order chi connectivity index (χ1) is 18.5. The molecular formula is C30H48FeN3O6. The van der Waals surface area contributed by atoms with Crippen LogP contribution in [0.2, 0.25) is 0 Å². The Morgan fingerprint density at radius 2 is 0.675 bits per heavy atom. The van der Waals surface area contributed by atoms with Crippen molar-refractivity contribution in [3.63, 3.8) is 0 Å². The smallest absolute Gasteiger partial charge is 0.862 e. The predicted octanol–water partition coefficient (Wildman–Crippen LogP) is 3.17. The van der Waals surface area contributed by atoms with Crippen molar-refractivity contribution in [1.82, 2.24) is 0 Å². The zero-order chi connectivity index (χ0) is 29.0. The number of nitrogens with zero attached hydrogens (tertiary/aromatic N) is 3. The summed E-state index contributed by atoms with van der Waals surface area (Å²) in [6.45, 7) is 4.27. The maximum Gasteiger partial charge on any atom is 3.00 e. The molecule has 3 fully saturated rings. The van der Waals surface area contributed by atoms with Crippen molar-refractivity contribution >= 4 is 35.0 Å². The second-order valence-corrected chi connectivity index (χ2v) is 11.1. The first kappa shape index (κ1) is 37.9. The Kier molecular flexibility index (Phi) is 21.4. The summed E-state index contributed by atoms with van der Waals surface area (Å²) in [6, 6.07) is 0.585. The minimum Gasteiger partial charge on any atom is -0.862 e. The molecule has 0 aromatic heterocycles. The fraction of sp³-hybridized carbons (Fsp3) is 0.800. The summed E-state index contributed by atoms with van der Waals surface area (Å²) in [5, 5.41) is 33.4. The van der Waals surface area contributed by atoms with E-state index in [1.54, 1.807) is 0 Å². The molecule has 0 aromatic rings. The molecule has 227 valence electrons. The molecule has 0 amide bonds. The van der Waals surface area contributed by atoms with Gasteiger partial charge in [-0.25, -0.2) is 0 Å². The SMILES string of the molecule is CC(=O)CC([O-])=NC1CCCCC1.CC(=O)CC([O-])=NC1CCCCC1.CC(=O)CC([O-])=NC1CCCCC1.[Fe+3]. The van der Waals surface area contributed by atoms with Gasteiger partial charge in [0.2, 0.25) is 0 Å². The van der Waals surface area contributed by atoms with E-state index in [0.29, 0.717) is 0 Å². The zero-order valence-electron chi connectivity index (χ0n) is 24.6. The van der Waals surface area contributed by atoms with Gasteiger partial charge in [-0.3, -0.25) is 14.4 Å². The molecule has 1 radical (unpaired) electrons. The third-order valence-corrected chi connectivity index (χ3v) is 6.90. The van der Waals surface area contributed by atoms with Gasteiger partial charge in [0.25, 0.3) is 0 Å². The Morgan fingerprint density at radius 3 is 0.850 bits per heavy atom. The van der Waals surface area contributed by atoms with Crippen LogP contribution < -0.4 is 15.3 Å². The molecule has 0 aliphatic heterocycles. The number of ketones is 3. The molecule has 0 bridgehead atoms. The van der Waals surface area contributed by atoms with Crippen LogP contribution in [0.4, 0.5) is 0 Å². The molecule has 3 saturated carbocycles. The molecular weight excluding hydrogens is 554 g/mol. The van der Waals surface area contributed by atoms with E-state index in [4.69, 9.17) is 0 Å². The van der Waals surface area contributed by atoms with E-state index in [0.717, 1.165) is 38.5 Å². The van der Waals surface area contributed by atoms with E-state index in [2.05, 4.69) is 15.0 Å². The quantitative estimate of drug-likeness (QED) is 0.224. The van der Waals surface area contributed by atoms with Crippen LogP contribution in [-0.2, 0) is 31.5 Å². The summed E-state index contributed by atoms with van der Waals surface area (Å²) < 4.78 is 0. The number of rotatable bonds is 9. The van der Waals surface area contributed by atoms with E-state index in [1.165, 1.54) is 78.6 Å². The summed E-state index contributed by atoms with van der Waals surface area (Å²) in [5.74, 6) is -0.989. The van der Waals surface area contributed by atoms with Crippen molar-refractivity contribution < 1.29 is 46.8 Å². The van der Waals surface area contributed by atoms with Gasteiger partial charge in [0.1, 0.15) is 17.3 Å². The number of hydrogen-bond donors (Lipinski definition) is 0. The predicted molar refractivity (Wildman–Crippen MR) is 149 cm³/mol. The molecule has 3 aliphatic carbocycles. The van der Waals surface area contributed by atoms with Gasteiger partial charge in [-0.15, -0.1) is 0 Å². The summed E-state index contributed by atoms with van der Waals surface area (Å²) in [6.07, 6.45) is 16.8. The van der Waals surface area contributed by atoms with E-state index >= 15 is 0 Å². The Morgan fingerprint density at radius 1 is 0.475 bits per heavy atom. The van der Waals surface area contributed by atoms with E-state index in [9.17, 15) is 29.7 Å². The Hall–Kier alpha value is -2.06. The molecule has 0 aromatic carbocycles. The molecule has 10 heteroatoms. The maximum absolute atomic E-state index is 11.1. The largest absolute Gasteiger partial charge is 3.00 e. The monoisotopic (exact) mass is 602 g/mol. The fourth-order valence-electron chi connectivity index (χ4n) is 5.02. The molecule has 0 heterocycles. The second-order valence-electron chi connectivity index (χ2n) is 11.1. The van der Waals surface area contributed by atoms with Gasteiger partial charge in [0, 0.05) is 37.4 Å². The minimum atomic E-state index is -0.237. The van der Waals surface area contributed by atoms with Crippen molar-refractivity contribution in [2.24, 2.45) is 15.0 Å². The molecule has 3 aliphatic rings. The molecule has 0 unspecified atom stereocenters. The molecule has 9 nitrogen and oxygen atoms in total. The summed E-state index contributed by atoms with van der Waals surface area (Å²) in [7, 11) is 0. The molecule has 40 heavy (non-hydrogen) atoms. The van der Waals surface area contributed by atoms with Gasteiger partial charge in [-0.05, 0) is 77.0 Å². The number of hydrogen-bond acceptors (Lipinski definition) is 9. The molecule has 3 rings (SSSR count). The van der Waals surface area contributed by atoms with E-state index in [1.807, 2.05) is 0 Å². The third kappa shape index (κ3) is 20.8. The standard InChI is InChI=1S/3C10H17NO2.Fe/c3*1-8(12)7-10(13)11-9-5-3-2-4-6-9;/h3*9H,2-7H2,1H3,(H,11,13);/q;;;+3/p-3. The van der Waals surface area contributed by atoms with Crippen molar-refractivity contribution in [2.45, 2.75) is 154 Å². The normalized spacial score (nSPS) is 19.7. The second kappa shape index (κ2) is 22.6. The van der Waals surface area contributed by atoms with Crippen molar-refractivity contribution in [3.8, 4) is 0 Å². The van der Waals surface area contributed by atoms with Crippen LogP contribution in [0.1, 0.15) is 136 Å². The molecule has 0 N–H and O–H groups in total. The summed E-state index contributed by atoms with van der Waals surface area (Å²) >= 11 is 0. The number of carbonyl (C=O) groups is 3. The Balaban J connectivity index is 0.000000563. The van der Waals surface area contributed by atoms with Crippen LogP contribution in [0.25, 0.3) is 0 Å². The fourth-order valence-corrected chi connectivity index (χ4v) is 5.02. The van der Waals surface area contributed by atoms with Gasteiger partial charge >= 0.3 is 17.1 Å². The van der Waals surface area contributed by atoms with Gasteiger partial charge < -0.3 is 30.3 Å². The average Bonchev–Trinajstić information content (AvgIpc) is 2.85. The van der Waals surface area contributed by atoms with Crippen molar-refractivity contribution in [2.75, 3.05) is 0 Å².